The number of piperidine rings is 1. The minimum absolute atomic E-state index is 0.0849. The van der Waals surface area contributed by atoms with E-state index in [1.807, 2.05) is 31.5 Å². The quantitative estimate of drug-likeness (QED) is 0.795. The van der Waals surface area contributed by atoms with Gasteiger partial charge in [0.25, 0.3) is 10.2 Å². The summed E-state index contributed by atoms with van der Waals surface area (Å²) in [6.07, 6.45) is 2.77. The first-order chi connectivity index (χ1) is 10.0. The summed E-state index contributed by atoms with van der Waals surface area (Å²) in [5.41, 5.74) is 0. The van der Waals surface area contributed by atoms with Gasteiger partial charge < -0.3 is 5.32 Å². The van der Waals surface area contributed by atoms with Crippen molar-refractivity contribution >= 4 is 21.5 Å². The van der Waals surface area contributed by atoms with Crippen molar-refractivity contribution in [3.8, 4) is 0 Å². The zero-order valence-corrected chi connectivity index (χ0v) is 14.3. The molecule has 2 heterocycles. The van der Waals surface area contributed by atoms with Crippen molar-refractivity contribution in [2.45, 2.75) is 32.2 Å². The lowest BCUT2D eigenvalue weighted by molar-refractivity contribution is 0.260. The molecule has 1 aliphatic rings. The molecule has 0 spiro atoms. The number of rotatable bonds is 7. The van der Waals surface area contributed by atoms with Gasteiger partial charge in [-0.3, -0.25) is 0 Å². The van der Waals surface area contributed by atoms with Crippen molar-refractivity contribution in [1.29, 1.82) is 0 Å². The summed E-state index contributed by atoms with van der Waals surface area (Å²) < 4.78 is 29.4. The van der Waals surface area contributed by atoms with Crippen LogP contribution >= 0.6 is 11.3 Å². The Bertz CT molecular complexity index is 514. The van der Waals surface area contributed by atoms with Crippen LogP contribution in [0.1, 0.15) is 24.6 Å². The van der Waals surface area contributed by atoms with Gasteiger partial charge in [0.15, 0.2) is 0 Å². The second-order valence-electron chi connectivity index (χ2n) is 5.73. The second-order valence-corrected chi connectivity index (χ2v) is 8.47. The van der Waals surface area contributed by atoms with E-state index >= 15 is 0 Å². The fourth-order valence-electron chi connectivity index (χ4n) is 2.80. The molecular weight excluding hydrogens is 306 g/mol. The molecule has 2 rings (SSSR count). The predicted molar refractivity (Wildman–Crippen MR) is 87.8 cm³/mol. The largest absolute Gasteiger partial charge is 0.319 e. The molecule has 1 fully saturated rings. The van der Waals surface area contributed by atoms with Gasteiger partial charge in [-0.25, -0.2) is 0 Å². The van der Waals surface area contributed by atoms with Crippen molar-refractivity contribution < 1.29 is 8.42 Å². The summed E-state index contributed by atoms with van der Waals surface area (Å²) in [5, 5.41) is 5.16. The summed E-state index contributed by atoms with van der Waals surface area (Å²) in [5.74, 6) is 0.410. The minimum Gasteiger partial charge on any atom is -0.319 e. The Morgan fingerprint density at radius 2 is 2.33 bits per heavy atom. The Kier molecular flexibility index (Phi) is 6.19. The van der Waals surface area contributed by atoms with Gasteiger partial charge in [0, 0.05) is 24.0 Å². The molecule has 1 aromatic rings. The van der Waals surface area contributed by atoms with Crippen LogP contribution in [0, 0.1) is 5.92 Å². The van der Waals surface area contributed by atoms with Gasteiger partial charge in [0.1, 0.15) is 0 Å². The molecule has 21 heavy (non-hydrogen) atoms. The van der Waals surface area contributed by atoms with Crippen molar-refractivity contribution in [2.75, 3.05) is 26.7 Å². The molecule has 5 nitrogen and oxygen atoms in total. The van der Waals surface area contributed by atoms with Crippen molar-refractivity contribution in [3.05, 3.63) is 22.4 Å². The Morgan fingerprint density at radius 3 is 3.00 bits per heavy atom. The molecule has 0 amide bonds. The highest BCUT2D eigenvalue weighted by Crippen LogP contribution is 2.19. The van der Waals surface area contributed by atoms with E-state index in [0.29, 0.717) is 19.0 Å². The van der Waals surface area contributed by atoms with Crippen LogP contribution in [-0.2, 0) is 16.6 Å². The predicted octanol–water partition coefficient (Wildman–Crippen LogP) is 1.44. The zero-order chi connectivity index (χ0) is 15.3. The molecule has 0 saturated carbocycles. The smallest absolute Gasteiger partial charge is 0.279 e. The minimum atomic E-state index is -3.38. The summed E-state index contributed by atoms with van der Waals surface area (Å²) >= 11 is 1.66. The monoisotopic (exact) mass is 331 g/mol. The molecule has 2 atom stereocenters. The molecule has 0 aromatic carbocycles. The maximum atomic E-state index is 12.5. The number of thiophene rings is 1. The van der Waals surface area contributed by atoms with E-state index in [0.717, 1.165) is 25.8 Å². The SMILES string of the molecule is CNCC1CCCN(S(=O)(=O)NC(C)Cc2cccs2)C1. The molecule has 1 aliphatic heterocycles. The highest BCUT2D eigenvalue weighted by Gasteiger charge is 2.29. The van der Waals surface area contributed by atoms with Gasteiger partial charge in [-0.05, 0) is 57.1 Å². The first kappa shape index (κ1) is 16.9. The lowest BCUT2D eigenvalue weighted by Crippen LogP contribution is -2.49. The van der Waals surface area contributed by atoms with Crippen LogP contribution in [0.3, 0.4) is 0 Å². The Hall–Kier alpha value is -0.470. The van der Waals surface area contributed by atoms with Gasteiger partial charge in [0.2, 0.25) is 0 Å². The maximum absolute atomic E-state index is 12.5. The first-order valence-electron chi connectivity index (χ1n) is 7.45. The standard InChI is InChI=1S/C14H25N3O2S2/c1-12(9-14-6-4-8-20-14)16-21(18,19)17-7-3-5-13(11-17)10-15-2/h4,6,8,12-13,15-16H,3,5,7,9-11H2,1-2H3. The third-order valence-corrected chi connectivity index (χ3v) is 6.36. The molecule has 2 N–H and O–H groups in total. The summed E-state index contributed by atoms with van der Waals surface area (Å²) in [7, 11) is -1.47. The third-order valence-electron chi connectivity index (χ3n) is 3.75. The van der Waals surface area contributed by atoms with Crippen LogP contribution in [0.2, 0.25) is 0 Å². The fourth-order valence-corrected chi connectivity index (χ4v) is 5.15. The van der Waals surface area contributed by atoms with Crippen molar-refractivity contribution in [1.82, 2.24) is 14.3 Å². The lowest BCUT2D eigenvalue weighted by atomic mass is 10.00. The van der Waals surface area contributed by atoms with Gasteiger partial charge in [-0.1, -0.05) is 6.07 Å². The molecule has 7 heteroatoms. The number of hydrogen-bond acceptors (Lipinski definition) is 4. The summed E-state index contributed by atoms with van der Waals surface area (Å²) in [4.78, 5) is 1.21. The molecule has 2 unspecified atom stereocenters. The van der Waals surface area contributed by atoms with Crippen LogP contribution in [0.25, 0.3) is 0 Å². The second kappa shape index (κ2) is 7.69. The van der Waals surface area contributed by atoms with Crippen LogP contribution in [0.15, 0.2) is 17.5 Å². The Labute approximate surface area is 131 Å². The molecule has 1 saturated heterocycles. The summed E-state index contributed by atoms with van der Waals surface area (Å²) in [6, 6.07) is 3.95. The normalized spacial score (nSPS) is 22.3. The first-order valence-corrected chi connectivity index (χ1v) is 9.77. The Balaban J connectivity index is 1.91. The molecule has 120 valence electrons. The molecule has 0 aliphatic carbocycles. The van der Waals surface area contributed by atoms with E-state index in [9.17, 15) is 8.42 Å². The van der Waals surface area contributed by atoms with E-state index in [2.05, 4.69) is 10.0 Å². The zero-order valence-electron chi connectivity index (χ0n) is 12.7. The average molecular weight is 332 g/mol. The van der Waals surface area contributed by atoms with E-state index < -0.39 is 10.2 Å². The van der Waals surface area contributed by atoms with Crippen LogP contribution < -0.4 is 10.0 Å². The highest BCUT2D eigenvalue weighted by atomic mass is 32.2. The van der Waals surface area contributed by atoms with E-state index in [4.69, 9.17) is 0 Å². The number of hydrogen-bond donors (Lipinski definition) is 2. The van der Waals surface area contributed by atoms with E-state index in [1.165, 1.54) is 4.88 Å². The average Bonchev–Trinajstić information content (AvgIpc) is 2.91. The molecular formula is C14H25N3O2S2. The fraction of sp³-hybridized carbons (Fsp3) is 0.714. The third kappa shape index (κ3) is 5.03. The molecule has 1 aromatic heterocycles. The molecule has 0 radical (unpaired) electrons. The lowest BCUT2D eigenvalue weighted by Gasteiger charge is -2.32. The van der Waals surface area contributed by atoms with E-state index in [1.54, 1.807) is 15.6 Å². The topological polar surface area (TPSA) is 61.4 Å². The number of nitrogens with one attached hydrogen (secondary N) is 2. The van der Waals surface area contributed by atoms with Gasteiger partial charge in [-0.15, -0.1) is 11.3 Å². The van der Waals surface area contributed by atoms with Gasteiger partial charge in [-0.2, -0.15) is 17.4 Å². The molecule has 0 bridgehead atoms. The van der Waals surface area contributed by atoms with Crippen LogP contribution in [-0.4, -0.2) is 45.4 Å². The number of nitrogens with zero attached hydrogens (tertiary/aromatic N) is 1. The Morgan fingerprint density at radius 1 is 1.52 bits per heavy atom. The van der Waals surface area contributed by atoms with Gasteiger partial charge in [0.05, 0.1) is 0 Å². The highest BCUT2D eigenvalue weighted by molar-refractivity contribution is 7.87. The van der Waals surface area contributed by atoms with Crippen LogP contribution in [0.5, 0.6) is 0 Å². The van der Waals surface area contributed by atoms with Crippen molar-refractivity contribution in [2.24, 2.45) is 5.92 Å². The van der Waals surface area contributed by atoms with E-state index in [-0.39, 0.29) is 6.04 Å². The maximum Gasteiger partial charge on any atom is 0.279 e. The van der Waals surface area contributed by atoms with Crippen molar-refractivity contribution in [3.63, 3.8) is 0 Å². The van der Waals surface area contributed by atoms with Gasteiger partial charge >= 0.3 is 0 Å². The van der Waals surface area contributed by atoms with Crippen LogP contribution in [0.4, 0.5) is 0 Å². The summed E-state index contributed by atoms with van der Waals surface area (Å²) in [6.45, 7) is 4.03.